The number of benzene rings is 2. The topological polar surface area (TPSA) is 96.2 Å². The van der Waals surface area contributed by atoms with E-state index in [1.165, 1.54) is 0 Å². The number of fused-ring (bicyclic) bond motifs is 1. The van der Waals surface area contributed by atoms with Gasteiger partial charge in [0.05, 0.1) is 14.2 Å². The predicted molar refractivity (Wildman–Crippen MR) is 108 cm³/mol. The summed E-state index contributed by atoms with van der Waals surface area (Å²) in [5, 5.41) is 4.13. The van der Waals surface area contributed by atoms with E-state index >= 15 is 0 Å². The number of nitrogens with zero attached hydrogens (tertiary/aromatic N) is 3. The Morgan fingerprint density at radius 1 is 1.06 bits per heavy atom. The van der Waals surface area contributed by atoms with Gasteiger partial charge in [0, 0.05) is 37.1 Å². The first-order chi connectivity index (χ1) is 15.1. The first-order valence-electron chi connectivity index (χ1n) is 9.86. The van der Waals surface area contributed by atoms with Gasteiger partial charge < -0.3 is 28.4 Å². The van der Waals surface area contributed by atoms with Crippen LogP contribution in [0.4, 0.5) is 0 Å². The molecule has 0 saturated carbocycles. The van der Waals surface area contributed by atoms with Crippen LogP contribution in [0.15, 0.2) is 40.9 Å². The molecule has 1 saturated heterocycles. The summed E-state index contributed by atoms with van der Waals surface area (Å²) in [6, 6.07) is 11.1. The number of methoxy groups -OCH3 is 2. The van der Waals surface area contributed by atoms with E-state index < -0.39 is 0 Å². The maximum Gasteiger partial charge on any atom is 0.258 e. The lowest BCUT2D eigenvalue weighted by Crippen LogP contribution is -2.24. The average Bonchev–Trinajstić information content (AvgIpc) is 3.53. The highest BCUT2D eigenvalue weighted by atomic mass is 16.7. The SMILES string of the molecule is COc1cc(OC)cc(-c2nc(C3CC(=O)N(Cc4ccc5c(c4)OCO5)C3)no2)c1. The van der Waals surface area contributed by atoms with Gasteiger partial charge in [-0.3, -0.25) is 4.79 Å². The molecule has 0 aliphatic carbocycles. The number of likely N-dealkylation sites (tertiary alicyclic amines) is 1. The lowest BCUT2D eigenvalue weighted by molar-refractivity contribution is -0.128. The fourth-order valence-corrected chi connectivity index (χ4v) is 3.81. The lowest BCUT2D eigenvalue weighted by Gasteiger charge is -2.16. The van der Waals surface area contributed by atoms with Gasteiger partial charge in [-0.1, -0.05) is 11.2 Å². The maximum absolute atomic E-state index is 12.6. The minimum Gasteiger partial charge on any atom is -0.497 e. The summed E-state index contributed by atoms with van der Waals surface area (Å²) in [4.78, 5) is 18.9. The van der Waals surface area contributed by atoms with Crippen molar-refractivity contribution in [3.05, 3.63) is 47.8 Å². The molecule has 3 heterocycles. The molecule has 2 aliphatic rings. The van der Waals surface area contributed by atoms with Crippen LogP contribution in [0, 0.1) is 0 Å². The summed E-state index contributed by atoms with van der Waals surface area (Å²) in [5.74, 6) is 3.47. The summed E-state index contributed by atoms with van der Waals surface area (Å²) in [6.45, 7) is 1.24. The number of carbonyl (C=O) groups excluding carboxylic acids is 1. The summed E-state index contributed by atoms with van der Waals surface area (Å²) >= 11 is 0. The molecule has 2 aliphatic heterocycles. The molecule has 1 amide bonds. The molecule has 1 atom stereocenters. The van der Waals surface area contributed by atoms with Crippen molar-refractivity contribution in [3.63, 3.8) is 0 Å². The van der Waals surface area contributed by atoms with E-state index in [0.29, 0.717) is 54.0 Å². The van der Waals surface area contributed by atoms with Gasteiger partial charge in [0.2, 0.25) is 12.7 Å². The summed E-state index contributed by atoms with van der Waals surface area (Å²) in [7, 11) is 3.16. The van der Waals surface area contributed by atoms with E-state index in [9.17, 15) is 4.79 Å². The van der Waals surface area contributed by atoms with Crippen molar-refractivity contribution in [2.75, 3.05) is 27.6 Å². The molecule has 1 unspecified atom stereocenters. The largest absolute Gasteiger partial charge is 0.497 e. The van der Waals surface area contributed by atoms with Crippen molar-refractivity contribution in [2.45, 2.75) is 18.9 Å². The zero-order chi connectivity index (χ0) is 21.4. The van der Waals surface area contributed by atoms with Gasteiger partial charge in [0.25, 0.3) is 5.89 Å². The van der Waals surface area contributed by atoms with Crippen LogP contribution in [0.25, 0.3) is 11.5 Å². The average molecular weight is 423 g/mol. The Hall–Kier alpha value is -3.75. The van der Waals surface area contributed by atoms with Crippen molar-refractivity contribution < 1.29 is 28.3 Å². The quantitative estimate of drug-likeness (QED) is 0.597. The Morgan fingerprint density at radius 3 is 2.61 bits per heavy atom. The van der Waals surface area contributed by atoms with Gasteiger partial charge in [-0.05, 0) is 29.8 Å². The van der Waals surface area contributed by atoms with Crippen molar-refractivity contribution in [1.82, 2.24) is 15.0 Å². The van der Waals surface area contributed by atoms with E-state index in [2.05, 4.69) is 10.1 Å². The van der Waals surface area contributed by atoms with Crippen LogP contribution in [-0.2, 0) is 11.3 Å². The molecule has 1 aromatic heterocycles. The molecule has 9 nitrogen and oxygen atoms in total. The van der Waals surface area contributed by atoms with Crippen LogP contribution >= 0.6 is 0 Å². The maximum atomic E-state index is 12.6. The Bertz CT molecular complexity index is 1110. The van der Waals surface area contributed by atoms with E-state index in [1.807, 2.05) is 18.2 Å². The van der Waals surface area contributed by atoms with Crippen LogP contribution in [0.1, 0.15) is 23.7 Å². The van der Waals surface area contributed by atoms with Gasteiger partial charge in [-0.15, -0.1) is 0 Å². The number of ether oxygens (including phenoxy) is 4. The molecule has 0 N–H and O–H groups in total. The van der Waals surface area contributed by atoms with Crippen molar-refractivity contribution in [2.24, 2.45) is 0 Å². The number of amides is 1. The van der Waals surface area contributed by atoms with Gasteiger partial charge in [0.15, 0.2) is 17.3 Å². The second kappa shape index (κ2) is 7.82. The molecule has 31 heavy (non-hydrogen) atoms. The summed E-state index contributed by atoms with van der Waals surface area (Å²) in [5.41, 5.74) is 1.67. The first kappa shape index (κ1) is 19.2. The van der Waals surface area contributed by atoms with Gasteiger partial charge in [-0.25, -0.2) is 0 Å². The number of rotatable bonds is 6. The molecule has 2 aromatic carbocycles. The molecule has 1 fully saturated rings. The van der Waals surface area contributed by atoms with Crippen LogP contribution in [-0.4, -0.2) is 48.5 Å². The van der Waals surface area contributed by atoms with Gasteiger partial charge in [0.1, 0.15) is 11.5 Å². The van der Waals surface area contributed by atoms with Crippen LogP contribution in [0.5, 0.6) is 23.0 Å². The fraction of sp³-hybridized carbons (Fsp3) is 0.318. The highest BCUT2D eigenvalue weighted by Gasteiger charge is 2.34. The van der Waals surface area contributed by atoms with Crippen molar-refractivity contribution in [3.8, 4) is 34.5 Å². The Morgan fingerprint density at radius 2 is 1.84 bits per heavy atom. The second-order valence-electron chi connectivity index (χ2n) is 7.42. The predicted octanol–water partition coefficient (Wildman–Crippen LogP) is 3.00. The minimum atomic E-state index is -0.133. The molecule has 0 bridgehead atoms. The number of aromatic nitrogens is 2. The third-order valence-corrected chi connectivity index (χ3v) is 5.43. The smallest absolute Gasteiger partial charge is 0.258 e. The molecule has 0 radical (unpaired) electrons. The van der Waals surface area contributed by atoms with E-state index in [-0.39, 0.29) is 18.6 Å². The van der Waals surface area contributed by atoms with E-state index in [1.54, 1.807) is 37.3 Å². The number of hydrogen-bond acceptors (Lipinski definition) is 8. The molecular formula is C22H21N3O6. The van der Waals surface area contributed by atoms with Crippen LogP contribution in [0.2, 0.25) is 0 Å². The van der Waals surface area contributed by atoms with Crippen LogP contribution in [0.3, 0.4) is 0 Å². The highest BCUT2D eigenvalue weighted by Crippen LogP contribution is 2.35. The lowest BCUT2D eigenvalue weighted by atomic mass is 10.1. The van der Waals surface area contributed by atoms with Crippen LogP contribution < -0.4 is 18.9 Å². The third-order valence-electron chi connectivity index (χ3n) is 5.43. The standard InChI is InChI=1S/C22H21N3O6/c1-27-16-6-14(7-17(9-16)28-2)22-23-21(24-31-22)15-8-20(26)25(11-15)10-13-3-4-18-19(5-13)30-12-29-18/h3-7,9,15H,8,10-12H2,1-2H3. The Balaban J connectivity index is 1.31. The van der Waals surface area contributed by atoms with Gasteiger partial charge in [-0.2, -0.15) is 4.98 Å². The molecular weight excluding hydrogens is 402 g/mol. The number of carbonyl (C=O) groups is 1. The zero-order valence-electron chi connectivity index (χ0n) is 17.2. The molecule has 0 spiro atoms. The third kappa shape index (κ3) is 3.74. The fourth-order valence-electron chi connectivity index (χ4n) is 3.81. The normalized spacial score (nSPS) is 17.3. The van der Waals surface area contributed by atoms with Crippen molar-refractivity contribution >= 4 is 5.91 Å². The first-order valence-corrected chi connectivity index (χ1v) is 9.86. The number of hydrogen-bond donors (Lipinski definition) is 0. The Kier molecular flexibility index (Phi) is 4.85. The zero-order valence-corrected chi connectivity index (χ0v) is 17.2. The molecule has 160 valence electrons. The van der Waals surface area contributed by atoms with Crippen molar-refractivity contribution in [1.29, 1.82) is 0 Å². The molecule has 9 heteroatoms. The minimum absolute atomic E-state index is 0.0528. The summed E-state index contributed by atoms with van der Waals surface area (Å²) < 4.78 is 26.8. The Labute approximate surface area is 178 Å². The van der Waals surface area contributed by atoms with E-state index in [0.717, 1.165) is 11.3 Å². The highest BCUT2D eigenvalue weighted by molar-refractivity contribution is 5.79. The molecule has 5 rings (SSSR count). The second-order valence-corrected chi connectivity index (χ2v) is 7.42. The monoisotopic (exact) mass is 423 g/mol. The van der Waals surface area contributed by atoms with Gasteiger partial charge >= 0.3 is 0 Å². The summed E-state index contributed by atoms with van der Waals surface area (Å²) in [6.07, 6.45) is 0.338. The molecule has 3 aromatic rings. The van der Waals surface area contributed by atoms with E-state index in [4.69, 9.17) is 23.5 Å².